The van der Waals surface area contributed by atoms with Gasteiger partial charge in [-0.1, -0.05) is 11.8 Å². The van der Waals surface area contributed by atoms with Crippen molar-refractivity contribution >= 4 is 17.7 Å². The Kier molecular flexibility index (Phi) is 3.39. The van der Waals surface area contributed by atoms with Gasteiger partial charge in [0.2, 0.25) is 5.16 Å². The zero-order chi connectivity index (χ0) is 11.5. The average Bonchev–Trinajstić information content (AvgIpc) is 2.99. The summed E-state index contributed by atoms with van der Waals surface area (Å²) in [5.74, 6) is -0.445. The number of carbonyl (C=O) groups is 1. The molecule has 1 saturated carbocycles. The van der Waals surface area contributed by atoms with Crippen LogP contribution in [0, 0.1) is 0 Å². The minimum Gasteiger partial charge on any atom is -0.480 e. The first-order valence-electron chi connectivity index (χ1n) is 5.03. The molecular formula is C8H13N5O2S. The van der Waals surface area contributed by atoms with Crippen molar-refractivity contribution in [3.05, 3.63) is 0 Å². The third-order valence-corrected chi connectivity index (χ3v) is 3.41. The number of aliphatic carboxylic acids is 1. The van der Waals surface area contributed by atoms with Gasteiger partial charge in [-0.3, -0.25) is 4.79 Å². The Hall–Kier alpha value is -1.15. The van der Waals surface area contributed by atoms with E-state index in [1.54, 1.807) is 11.7 Å². The maximum Gasteiger partial charge on any atom is 0.321 e. The molecule has 2 N–H and O–H groups in total. The van der Waals surface area contributed by atoms with Crippen LogP contribution in [0.5, 0.6) is 0 Å². The summed E-state index contributed by atoms with van der Waals surface area (Å²) in [5, 5.41) is 23.7. The van der Waals surface area contributed by atoms with E-state index >= 15 is 0 Å². The van der Waals surface area contributed by atoms with Gasteiger partial charge in [0.05, 0.1) is 6.04 Å². The highest BCUT2D eigenvalue weighted by Crippen LogP contribution is 2.36. The van der Waals surface area contributed by atoms with E-state index in [0.717, 1.165) is 12.8 Å². The molecule has 8 heteroatoms. The number of carboxylic acid groups (broad SMARTS) is 1. The number of nitrogens with zero attached hydrogens (tertiary/aromatic N) is 4. The maximum absolute atomic E-state index is 10.8. The maximum atomic E-state index is 10.8. The molecular weight excluding hydrogens is 230 g/mol. The van der Waals surface area contributed by atoms with Gasteiger partial charge in [-0.15, -0.1) is 5.10 Å². The van der Waals surface area contributed by atoms with Gasteiger partial charge in [0.15, 0.2) is 0 Å². The van der Waals surface area contributed by atoms with E-state index in [-0.39, 0.29) is 0 Å². The number of tetrazole rings is 1. The number of rotatable bonds is 6. The van der Waals surface area contributed by atoms with Crippen LogP contribution in [0.25, 0.3) is 0 Å². The monoisotopic (exact) mass is 243 g/mol. The number of nitrogens with one attached hydrogen (secondary N) is 1. The van der Waals surface area contributed by atoms with Gasteiger partial charge in [0.1, 0.15) is 6.04 Å². The van der Waals surface area contributed by atoms with Crippen molar-refractivity contribution in [1.29, 1.82) is 0 Å². The predicted molar refractivity (Wildman–Crippen MR) is 57.3 cm³/mol. The van der Waals surface area contributed by atoms with Gasteiger partial charge < -0.3 is 10.4 Å². The second-order valence-corrected chi connectivity index (χ2v) is 4.61. The fraction of sp³-hybridized carbons (Fsp3) is 0.750. The Balaban J connectivity index is 1.93. The summed E-state index contributed by atoms with van der Waals surface area (Å²) in [6.07, 6.45) is 2.21. The molecule has 1 aromatic rings. The van der Waals surface area contributed by atoms with Crippen molar-refractivity contribution in [3.63, 3.8) is 0 Å². The van der Waals surface area contributed by atoms with Crippen LogP contribution in [-0.4, -0.2) is 50.1 Å². The Bertz CT molecular complexity index is 378. The lowest BCUT2D eigenvalue weighted by Crippen LogP contribution is -2.36. The SMILES string of the molecule is CNC(CSc1nnnn1C1CC1)C(=O)O. The lowest BCUT2D eigenvalue weighted by molar-refractivity contribution is -0.138. The van der Waals surface area contributed by atoms with E-state index in [4.69, 9.17) is 5.11 Å². The van der Waals surface area contributed by atoms with Crippen molar-refractivity contribution < 1.29 is 9.90 Å². The summed E-state index contributed by atoms with van der Waals surface area (Å²) in [4.78, 5) is 10.8. The minimum absolute atomic E-state index is 0.412. The fourth-order valence-electron chi connectivity index (χ4n) is 1.26. The van der Waals surface area contributed by atoms with Crippen LogP contribution in [-0.2, 0) is 4.79 Å². The lowest BCUT2D eigenvalue weighted by atomic mass is 10.3. The third kappa shape index (κ3) is 2.50. The molecule has 1 aliphatic carbocycles. The third-order valence-electron chi connectivity index (χ3n) is 2.38. The smallest absolute Gasteiger partial charge is 0.321 e. The molecule has 0 saturated heterocycles. The Morgan fingerprint density at radius 1 is 1.75 bits per heavy atom. The summed E-state index contributed by atoms with van der Waals surface area (Å²) in [6, 6.07) is -0.162. The summed E-state index contributed by atoms with van der Waals surface area (Å²) >= 11 is 1.37. The van der Waals surface area contributed by atoms with Crippen LogP contribution in [0.15, 0.2) is 5.16 Å². The van der Waals surface area contributed by atoms with Crippen LogP contribution in [0.1, 0.15) is 18.9 Å². The summed E-state index contributed by atoms with van der Waals surface area (Å²) in [7, 11) is 1.63. The van der Waals surface area contributed by atoms with E-state index in [1.807, 2.05) is 0 Å². The number of hydrogen-bond donors (Lipinski definition) is 2. The van der Waals surface area contributed by atoms with Crippen LogP contribution in [0.2, 0.25) is 0 Å². The summed E-state index contributed by atoms with van der Waals surface area (Å²) in [5.41, 5.74) is 0. The van der Waals surface area contributed by atoms with Crippen LogP contribution in [0.4, 0.5) is 0 Å². The van der Waals surface area contributed by atoms with Gasteiger partial charge in [-0.2, -0.15) is 0 Å². The average molecular weight is 243 g/mol. The molecule has 1 fully saturated rings. The van der Waals surface area contributed by atoms with E-state index in [9.17, 15) is 4.79 Å². The van der Waals surface area contributed by atoms with Crippen molar-refractivity contribution in [2.45, 2.75) is 30.1 Å². The molecule has 1 heterocycles. The topological polar surface area (TPSA) is 92.9 Å². The molecule has 1 aliphatic rings. The van der Waals surface area contributed by atoms with Crippen LogP contribution in [0.3, 0.4) is 0 Å². The molecule has 0 radical (unpaired) electrons. The Morgan fingerprint density at radius 3 is 3.06 bits per heavy atom. The highest BCUT2D eigenvalue weighted by molar-refractivity contribution is 7.99. The second-order valence-electron chi connectivity index (χ2n) is 3.63. The molecule has 0 spiro atoms. The highest BCUT2D eigenvalue weighted by Gasteiger charge is 2.28. The Morgan fingerprint density at radius 2 is 2.50 bits per heavy atom. The predicted octanol–water partition coefficient (Wildman–Crippen LogP) is -0.227. The van der Waals surface area contributed by atoms with Gasteiger partial charge in [-0.25, -0.2) is 4.68 Å². The number of likely N-dealkylation sites (N-methyl/N-ethyl adjacent to an activating group) is 1. The van der Waals surface area contributed by atoms with E-state index in [1.165, 1.54) is 11.8 Å². The lowest BCUT2D eigenvalue weighted by Gasteiger charge is -2.09. The molecule has 16 heavy (non-hydrogen) atoms. The molecule has 0 aliphatic heterocycles. The molecule has 1 atom stereocenters. The number of carboxylic acids is 1. The Labute approximate surface area is 96.6 Å². The van der Waals surface area contributed by atoms with E-state index < -0.39 is 12.0 Å². The first kappa shape index (κ1) is 11.3. The second kappa shape index (κ2) is 4.79. The van der Waals surface area contributed by atoms with E-state index in [0.29, 0.717) is 17.0 Å². The molecule has 1 aromatic heterocycles. The number of hydrogen-bond acceptors (Lipinski definition) is 6. The molecule has 0 amide bonds. The number of thioether (sulfide) groups is 1. The normalized spacial score (nSPS) is 17.3. The fourth-order valence-corrected chi connectivity index (χ4v) is 2.30. The quantitative estimate of drug-likeness (QED) is 0.667. The van der Waals surface area contributed by atoms with Crippen LogP contribution < -0.4 is 5.32 Å². The molecule has 0 bridgehead atoms. The van der Waals surface area contributed by atoms with Crippen molar-refractivity contribution in [1.82, 2.24) is 25.5 Å². The van der Waals surface area contributed by atoms with Crippen molar-refractivity contribution in [3.8, 4) is 0 Å². The number of aromatic nitrogens is 4. The molecule has 0 aromatic carbocycles. The summed E-state index contributed by atoms with van der Waals surface area (Å²) < 4.78 is 1.78. The molecule has 1 unspecified atom stereocenters. The van der Waals surface area contributed by atoms with E-state index in [2.05, 4.69) is 20.8 Å². The van der Waals surface area contributed by atoms with Gasteiger partial charge in [0.25, 0.3) is 0 Å². The first-order chi connectivity index (χ1) is 7.72. The minimum atomic E-state index is -0.861. The molecule has 2 rings (SSSR count). The van der Waals surface area contributed by atoms with Crippen molar-refractivity contribution in [2.75, 3.05) is 12.8 Å². The largest absolute Gasteiger partial charge is 0.480 e. The van der Waals surface area contributed by atoms with Crippen molar-refractivity contribution in [2.24, 2.45) is 0 Å². The molecule has 88 valence electrons. The zero-order valence-electron chi connectivity index (χ0n) is 8.83. The van der Waals surface area contributed by atoms with Crippen LogP contribution >= 0.6 is 11.8 Å². The van der Waals surface area contributed by atoms with Gasteiger partial charge in [-0.05, 0) is 30.3 Å². The first-order valence-corrected chi connectivity index (χ1v) is 6.01. The molecule has 7 nitrogen and oxygen atoms in total. The van der Waals surface area contributed by atoms with Gasteiger partial charge >= 0.3 is 5.97 Å². The van der Waals surface area contributed by atoms with Gasteiger partial charge in [0, 0.05) is 5.75 Å². The summed E-state index contributed by atoms with van der Waals surface area (Å²) in [6.45, 7) is 0. The standard InChI is InChI=1S/C8H13N5O2S/c1-9-6(7(14)15)4-16-8-10-11-12-13(8)5-2-3-5/h5-6,9H,2-4H2,1H3,(H,14,15). The highest BCUT2D eigenvalue weighted by atomic mass is 32.2. The zero-order valence-corrected chi connectivity index (χ0v) is 9.65.